The van der Waals surface area contributed by atoms with Crippen LogP contribution in [0.1, 0.15) is 46.0 Å². The van der Waals surface area contributed by atoms with Gasteiger partial charge in [-0.2, -0.15) is 0 Å². The molecule has 1 aliphatic heterocycles. The van der Waals surface area contributed by atoms with E-state index in [-0.39, 0.29) is 0 Å². The van der Waals surface area contributed by atoms with Crippen molar-refractivity contribution in [1.82, 2.24) is 4.90 Å². The zero-order valence-electron chi connectivity index (χ0n) is 10.3. The van der Waals surface area contributed by atoms with Gasteiger partial charge in [-0.3, -0.25) is 0 Å². The van der Waals surface area contributed by atoms with Crippen molar-refractivity contribution in [2.75, 3.05) is 19.6 Å². The molecule has 1 saturated heterocycles. The van der Waals surface area contributed by atoms with Crippen LogP contribution in [0.2, 0.25) is 0 Å². The number of rotatable bonds is 2. The SMILES string of the molecule is CC1(C)CCN(C2CCCC2)CC1CN. The second-order valence-electron chi connectivity index (χ2n) is 6.10. The Balaban J connectivity index is 1.95. The molecule has 2 heteroatoms. The maximum Gasteiger partial charge on any atom is 0.00953 e. The van der Waals surface area contributed by atoms with Crippen LogP contribution in [0.5, 0.6) is 0 Å². The van der Waals surface area contributed by atoms with Crippen LogP contribution in [0.4, 0.5) is 0 Å². The summed E-state index contributed by atoms with van der Waals surface area (Å²) in [6, 6.07) is 0.884. The molecule has 15 heavy (non-hydrogen) atoms. The molecule has 0 radical (unpaired) electrons. The normalized spacial score (nSPS) is 33.4. The number of hydrogen-bond acceptors (Lipinski definition) is 2. The Morgan fingerprint density at radius 3 is 2.53 bits per heavy atom. The van der Waals surface area contributed by atoms with Gasteiger partial charge in [-0.25, -0.2) is 0 Å². The molecule has 0 spiro atoms. The molecular formula is C13H26N2. The quantitative estimate of drug-likeness (QED) is 0.757. The van der Waals surface area contributed by atoms with Gasteiger partial charge in [0.1, 0.15) is 0 Å². The van der Waals surface area contributed by atoms with Crippen molar-refractivity contribution in [1.29, 1.82) is 0 Å². The van der Waals surface area contributed by atoms with E-state index in [1.165, 1.54) is 45.2 Å². The second kappa shape index (κ2) is 4.42. The highest BCUT2D eigenvalue weighted by Crippen LogP contribution is 2.37. The van der Waals surface area contributed by atoms with Crippen molar-refractivity contribution >= 4 is 0 Å². The van der Waals surface area contributed by atoms with Crippen LogP contribution in [0, 0.1) is 11.3 Å². The van der Waals surface area contributed by atoms with E-state index in [4.69, 9.17) is 5.73 Å². The lowest BCUT2D eigenvalue weighted by molar-refractivity contribution is 0.0396. The van der Waals surface area contributed by atoms with Crippen LogP contribution < -0.4 is 5.73 Å². The number of piperidine rings is 1. The van der Waals surface area contributed by atoms with Gasteiger partial charge in [0, 0.05) is 12.6 Å². The van der Waals surface area contributed by atoms with Gasteiger partial charge in [0.25, 0.3) is 0 Å². The monoisotopic (exact) mass is 210 g/mol. The maximum atomic E-state index is 5.91. The minimum absolute atomic E-state index is 0.462. The molecule has 0 aromatic rings. The van der Waals surface area contributed by atoms with Gasteiger partial charge in [0.15, 0.2) is 0 Å². The fourth-order valence-corrected chi connectivity index (χ4v) is 3.25. The topological polar surface area (TPSA) is 29.3 Å². The van der Waals surface area contributed by atoms with Crippen molar-refractivity contribution in [2.24, 2.45) is 17.1 Å². The molecule has 0 aromatic carbocycles. The Hall–Kier alpha value is -0.0800. The van der Waals surface area contributed by atoms with Gasteiger partial charge in [-0.15, -0.1) is 0 Å². The maximum absolute atomic E-state index is 5.91. The molecule has 2 nitrogen and oxygen atoms in total. The predicted octanol–water partition coefficient (Wildman–Crippen LogP) is 2.24. The fraction of sp³-hybridized carbons (Fsp3) is 1.00. The number of likely N-dealkylation sites (tertiary alicyclic amines) is 1. The van der Waals surface area contributed by atoms with E-state index < -0.39 is 0 Å². The standard InChI is InChI=1S/C13H26N2/c1-13(2)7-8-15(10-11(13)9-14)12-5-3-4-6-12/h11-12H,3-10,14H2,1-2H3. The van der Waals surface area contributed by atoms with Gasteiger partial charge in [0.05, 0.1) is 0 Å². The second-order valence-corrected chi connectivity index (χ2v) is 6.10. The first kappa shape index (κ1) is 11.4. The highest BCUT2D eigenvalue weighted by atomic mass is 15.2. The third-order valence-corrected chi connectivity index (χ3v) is 4.73. The van der Waals surface area contributed by atoms with E-state index >= 15 is 0 Å². The molecular weight excluding hydrogens is 184 g/mol. The summed E-state index contributed by atoms with van der Waals surface area (Å²) in [7, 11) is 0. The van der Waals surface area contributed by atoms with Gasteiger partial charge in [0.2, 0.25) is 0 Å². The molecule has 88 valence electrons. The summed E-state index contributed by atoms with van der Waals surface area (Å²) in [4.78, 5) is 2.72. The fourth-order valence-electron chi connectivity index (χ4n) is 3.25. The third-order valence-electron chi connectivity index (χ3n) is 4.73. The summed E-state index contributed by atoms with van der Waals surface area (Å²) in [5.41, 5.74) is 6.38. The van der Waals surface area contributed by atoms with Crippen LogP contribution in [0.15, 0.2) is 0 Å². The van der Waals surface area contributed by atoms with Crippen molar-refractivity contribution in [2.45, 2.75) is 52.0 Å². The lowest BCUT2D eigenvalue weighted by Crippen LogP contribution is -2.50. The van der Waals surface area contributed by atoms with Crippen LogP contribution in [-0.2, 0) is 0 Å². The van der Waals surface area contributed by atoms with Crippen molar-refractivity contribution in [3.8, 4) is 0 Å². The zero-order chi connectivity index (χ0) is 10.9. The summed E-state index contributed by atoms with van der Waals surface area (Å²) >= 11 is 0. The molecule has 1 saturated carbocycles. The smallest absolute Gasteiger partial charge is 0.00953 e. The molecule has 2 rings (SSSR count). The highest BCUT2D eigenvalue weighted by molar-refractivity contribution is 4.90. The zero-order valence-corrected chi connectivity index (χ0v) is 10.3. The molecule has 1 aliphatic carbocycles. The third kappa shape index (κ3) is 2.36. The van der Waals surface area contributed by atoms with E-state index in [0.29, 0.717) is 11.3 Å². The molecule has 0 aromatic heterocycles. The minimum atomic E-state index is 0.462. The number of nitrogens with zero attached hydrogens (tertiary/aromatic N) is 1. The van der Waals surface area contributed by atoms with Gasteiger partial charge >= 0.3 is 0 Å². The average molecular weight is 210 g/mol. The van der Waals surface area contributed by atoms with Crippen LogP contribution in [0.3, 0.4) is 0 Å². The summed E-state index contributed by atoms with van der Waals surface area (Å²) in [5.74, 6) is 0.701. The molecule has 1 atom stereocenters. The Kier molecular flexibility index (Phi) is 3.36. The summed E-state index contributed by atoms with van der Waals surface area (Å²) in [5, 5.41) is 0. The van der Waals surface area contributed by atoms with E-state index in [2.05, 4.69) is 18.7 Å². The summed E-state index contributed by atoms with van der Waals surface area (Å²) in [6.07, 6.45) is 7.07. The van der Waals surface area contributed by atoms with E-state index in [1.807, 2.05) is 0 Å². The van der Waals surface area contributed by atoms with Gasteiger partial charge in [-0.1, -0.05) is 26.7 Å². The Bertz CT molecular complexity index is 207. The summed E-state index contributed by atoms with van der Waals surface area (Å²) in [6.45, 7) is 8.17. The lowest BCUT2D eigenvalue weighted by atomic mass is 9.73. The van der Waals surface area contributed by atoms with Crippen molar-refractivity contribution in [3.63, 3.8) is 0 Å². The van der Waals surface area contributed by atoms with E-state index in [1.54, 1.807) is 0 Å². The molecule has 2 N–H and O–H groups in total. The molecule has 0 amide bonds. The first-order valence-corrected chi connectivity index (χ1v) is 6.57. The molecule has 2 aliphatic rings. The Labute approximate surface area is 94.2 Å². The predicted molar refractivity (Wildman–Crippen MR) is 64.8 cm³/mol. The van der Waals surface area contributed by atoms with E-state index in [9.17, 15) is 0 Å². The lowest BCUT2D eigenvalue weighted by Gasteiger charge is -2.45. The van der Waals surface area contributed by atoms with Gasteiger partial charge in [-0.05, 0) is 43.7 Å². The van der Waals surface area contributed by atoms with Crippen LogP contribution >= 0.6 is 0 Å². The molecule has 1 heterocycles. The highest BCUT2D eigenvalue weighted by Gasteiger charge is 2.37. The van der Waals surface area contributed by atoms with Crippen molar-refractivity contribution in [3.05, 3.63) is 0 Å². The largest absolute Gasteiger partial charge is 0.330 e. The molecule has 1 unspecified atom stereocenters. The summed E-state index contributed by atoms with van der Waals surface area (Å²) < 4.78 is 0. The molecule has 2 fully saturated rings. The van der Waals surface area contributed by atoms with Crippen LogP contribution in [0.25, 0.3) is 0 Å². The molecule has 0 bridgehead atoms. The minimum Gasteiger partial charge on any atom is -0.330 e. The Morgan fingerprint density at radius 1 is 1.27 bits per heavy atom. The number of hydrogen-bond donors (Lipinski definition) is 1. The first-order chi connectivity index (χ1) is 7.13. The average Bonchev–Trinajstić information content (AvgIpc) is 2.70. The first-order valence-electron chi connectivity index (χ1n) is 6.57. The van der Waals surface area contributed by atoms with Crippen molar-refractivity contribution < 1.29 is 0 Å². The van der Waals surface area contributed by atoms with Gasteiger partial charge < -0.3 is 10.6 Å². The van der Waals surface area contributed by atoms with E-state index in [0.717, 1.165) is 12.6 Å². The Morgan fingerprint density at radius 2 is 1.93 bits per heavy atom. The number of nitrogens with two attached hydrogens (primary N) is 1. The van der Waals surface area contributed by atoms with Crippen LogP contribution in [-0.4, -0.2) is 30.6 Å².